The van der Waals surface area contributed by atoms with Crippen molar-refractivity contribution in [1.82, 2.24) is 25.4 Å². The first kappa shape index (κ1) is 16.2. The lowest BCUT2D eigenvalue weighted by Gasteiger charge is -2.50. The van der Waals surface area contributed by atoms with Crippen LogP contribution < -0.4 is 5.32 Å². The van der Waals surface area contributed by atoms with Crippen LogP contribution in [-0.4, -0.2) is 63.4 Å². The standard InChI is InChI=1S/C18H23N5O2/c24-11-18-6-2-7-19-15(18)5-8-23(10-18)17(25)14-4-1-3-13(9-14)16-20-12-21-22-16/h1,3-4,9,12,15,19,24H,2,5-8,10-11H2,(H,20,21,22)/t15-,18-/m1/s1. The third kappa shape index (κ3) is 2.94. The Morgan fingerprint density at radius 3 is 3.16 bits per heavy atom. The fraction of sp³-hybridized carbons (Fsp3) is 0.500. The van der Waals surface area contributed by atoms with Crippen molar-refractivity contribution in [3.8, 4) is 11.4 Å². The summed E-state index contributed by atoms with van der Waals surface area (Å²) in [6.45, 7) is 2.43. The van der Waals surface area contributed by atoms with Crippen molar-refractivity contribution < 1.29 is 9.90 Å². The van der Waals surface area contributed by atoms with Gasteiger partial charge in [0.25, 0.3) is 5.91 Å². The molecule has 0 saturated carbocycles. The molecule has 0 aliphatic carbocycles. The Kier molecular flexibility index (Phi) is 4.27. The zero-order valence-electron chi connectivity index (χ0n) is 14.1. The Morgan fingerprint density at radius 1 is 1.44 bits per heavy atom. The summed E-state index contributed by atoms with van der Waals surface area (Å²) in [5.41, 5.74) is 1.27. The lowest BCUT2D eigenvalue weighted by molar-refractivity contribution is -0.0137. The number of likely N-dealkylation sites (tertiary alicyclic amines) is 1. The number of fused-ring (bicyclic) bond motifs is 1. The molecule has 4 rings (SSSR count). The fourth-order valence-electron chi connectivity index (χ4n) is 4.19. The molecule has 7 nitrogen and oxygen atoms in total. The molecule has 1 amide bonds. The van der Waals surface area contributed by atoms with Crippen LogP contribution in [0.3, 0.4) is 0 Å². The lowest BCUT2D eigenvalue weighted by Crippen LogP contribution is -2.62. The van der Waals surface area contributed by atoms with E-state index in [9.17, 15) is 9.90 Å². The molecule has 1 aromatic heterocycles. The summed E-state index contributed by atoms with van der Waals surface area (Å²) < 4.78 is 0. The van der Waals surface area contributed by atoms with Crippen LogP contribution in [-0.2, 0) is 0 Å². The van der Waals surface area contributed by atoms with Crippen LogP contribution in [0, 0.1) is 5.41 Å². The number of nitrogens with one attached hydrogen (secondary N) is 2. The summed E-state index contributed by atoms with van der Waals surface area (Å²) in [6, 6.07) is 7.75. The normalized spacial score (nSPS) is 26.3. The third-order valence-corrected chi connectivity index (χ3v) is 5.57. The van der Waals surface area contributed by atoms with E-state index < -0.39 is 0 Å². The molecule has 2 saturated heterocycles. The van der Waals surface area contributed by atoms with Gasteiger partial charge >= 0.3 is 0 Å². The Labute approximate surface area is 146 Å². The van der Waals surface area contributed by atoms with Crippen LogP contribution in [0.15, 0.2) is 30.6 Å². The monoisotopic (exact) mass is 341 g/mol. The minimum Gasteiger partial charge on any atom is -0.396 e. The van der Waals surface area contributed by atoms with Crippen LogP contribution in [0.1, 0.15) is 29.6 Å². The van der Waals surface area contributed by atoms with Crippen molar-refractivity contribution in [2.45, 2.75) is 25.3 Å². The quantitative estimate of drug-likeness (QED) is 0.776. The fourth-order valence-corrected chi connectivity index (χ4v) is 4.19. The highest BCUT2D eigenvalue weighted by Gasteiger charge is 2.45. The van der Waals surface area contributed by atoms with Crippen LogP contribution in [0.25, 0.3) is 11.4 Å². The van der Waals surface area contributed by atoms with Gasteiger partial charge in [0.15, 0.2) is 5.82 Å². The number of hydrogen-bond donors (Lipinski definition) is 3. The molecular formula is C18H23N5O2. The second-order valence-corrected chi connectivity index (χ2v) is 7.06. The Bertz CT molecular complexity index is 748. The van der Waals surface area contributed by atoms with Gasteiger partial charge in [0.2, 0.25) is 0 Å². The number of benzene rings is 1. The topological polar surface area (TPSA) is 94.1 Å². The van der Waals surface area contributed by atoms with Gasteiger partial charge in [-0.1, -0.05) is 12.1 Å². The van der Waals surface area contributed by atoms with Crippen molar-refractivity contribution in [3.63, 3.8) is 0 Å². The highest BCUT2D eigenvalue weighted by Crippen LogP contribution is 2.37. The molecule has 2 aliphatic rings. The summed E-state index contributed by atoms with van der Waals surface area (Å²) in [5.74, 6) is 0.662. The van der Waals surface area contributed by atoms with Crippen LogP contribution >= 0.6 is 0 Å². The number of rotatable bonds is 3. The highest BCUT2D eigenvalue weighted by molar-refractivity contribution is 5.95. The molecule has 2 aromatic rings. The van der Waals surface area contributed by atoms with E-state index in [0.717, 1.165) is 31.4 Å². The molecule has 3 heterocycles. The smallest absolute Gasteiger partial charge is 0.253 e. The molecule has 2 aliphatic heterocycles. The number of piperidine rings is 2. The molecule has 132 valence electrons. The first-order valence-electron chi connectivity index (χ1n) is 8.81. The number of aromatic nitrogens is 3. The molecule has 0 unspecified atom stereocenters. The molecular weight excluding hydrogens is 318 g/mol. The molecule has 1 aromatic carbocycles. The van der Waals surface area contributed by atoms with E-state index in [1.165, 1.54) is 6.33 Å². The summed E-state index contributed by atoms with van der Waals surface area (Å²) in [5, 5.41) is 20.2. The molecule has 7 heteroatoms. The number of carbonyl (C=O) groups is 1. The zero-order chi connectivity index (χ0) is 17.3. The maximum Gasteiger partial charge on any atom is 0.253 e. The highest BCUT2D eigenvalue weighted by atomic mass is 16.3. The second-order valence-electron chi connectivity index (χ2n) is 7.06. The summed E-state index contributed by atoms with van der Waals surface area (Å²) in [7, 11) is 0. The van der Waals surface area contributed by atoms with E-state index in [1.54, 1.807) is 0 Å². The van der Waals surface area contributed by atoms with Gasteiger partial charge in [-0.25, -0.2) is 4.98 Å². The SMILES string of the molecule is O=C(c1cccc(-c2ncn[nH]2)c1)N1CC[C@H]2NCCC[C@]2(CO)C1. The van der Waals surface area contributed by atoms with Gasteiger partial charge in [-0.05, 0) is 37.9 Å². The van der Waals surface area contributed by atoms with Gasteiger partial charge in [0.05, 0.1) is 6.61 Å². The van der Waals surface area contributed by atoms with E-state index >= 15 is 0 Å². The Balaban J connectivity index is 1.56. The van der Waals surface area contributed by atoms with E-state index in [1.807, 2.05) is 29.2 Å². The summed E-state index contributed by atoms with van der Waals surface area (Å²) in [4.78, 5) is 19.1. The molecule has 2 atom stereocenters. The molecule has 0 spiro atoms. The van der Waals surface area contributed by atoms with Gasteiger partial charge in [-0.3, -0.25) is 9.89 Å². The first-order chi connectivity index (χ1) is 12.2. The minimum absolute atomic E-state index is 0.0122. The maximum absolute atomic E-state index is 13.0. The number of H-pyrrole nitrogens is 1. The Hall–Kier alpha value is -2.25. The largest absolute Gasteiger partial charge is 0.396 e. The second kappa shape index (κ2) is 6.57. The summed E-state index contributed by atoms with van der Waals surface area (Å²) >= 11 is 0. The summed E-state index contributed by atoms with van der Waals surface area (Å²) in [6.07, 6.45) is 4.34. The van der Waals surface area contributed by atoms with Gasteiger partial charge in [0, 0.05) is 35.7 Å². The van der Waals surface area contributed by atoms with Crippen LogP contribution in [0.2, 0.25) is 0 Å². The van der Waals surface area contributed by atoms with Crippen molar-refractivity contribution in [2.24, 2.45) is 5.41 Å². The van der Waals surface area contributed by atoms with Crippen molar-refractivity contribution >= 4 is 5.91 Å². The molecule has 25 heavy (non-hydrogen) atoms. The van der Waals surface area contributed by atoms with Gasteiger partial charge < -0.3 is 15.3 Å². The van der Waals surface area contributed by atoms with Gasteiger partial charge in [-0.2, -0.15) is 5.10 Å². The van der Waals surface area contributed by atoms with E-state index in [4.69, 9.17) is 0 Å². The first-order valence-corrected chi connectivity index (χ1v) is 8.81. The van der Waals surface area contributed by atoms with E-state index in [-0.39, 0.29) is 17.9 Å². The number of aromatic amines is 1. The van der Waals surface area contributed by atoms with Crippen molar-refractivity contribution in [2.75, 3.05) is 26.2 Å². The number of hydrogen-bond acceptors (Lipinski definition) is 5. The molecule has 2 fully saturated rings. The number of aliphatic hydroxyl groups excluding tert-OH is 1. The van der Waals surface area contributed by atoms with Crippen molar-refractivity contribution in [1.29, 1.82) is 0 Å². The van der Waals surface area contributed by atoms with Crippen LogP contribution in [0.4, 0.5) is 0 Å². The van der Waals surface area contributed by atoms with E-state index in [2.05, 4.69) is 20.5 Å². The van der Waals surface area contributed by atoms with E-state index in [0.29, 0.717) is 30.5 Å². The number of carbonyl (C=O) groups excluding carboxylic acids is 1. The number of amides is 1. The number of nitrogens with zero attached hydrogens (tertiary/aromatic N) is 3. The number of aliphatic hydroxyl groups is 1. The van der Waals surface area contributed by atoms with Gasteiger partial charge in [-0.15, -0.1) is 0 Å². The predicted octanol–water partition coefficient (Wildman–Crippen LogP) is 1.05. The molecule has 0 radical (unpaired) electrons. The maximum atomic E-state index is 13.0. The van der Waals surface area contributed by atoms with Crippen LogP contribution in [0.5, 0.6) is 0 Å². The lowest BCUT2D eigenvalue weighted by atomic mass is 9.70. The zero-order valence-corrected chi connectivity index (χ0v) is 14.1. The predicted molar refractivity (Wildman–Crippen MR) is 92.9 cm³/mol. The average molecular weight is 341 g/mol. The van der Waals surface area contributed by atoms with Crippen molar-refractivity contribution in [3.05, 3.63) is 36.2 Å². The minimum atomic E-state index is -0.214. The third-order valence-electron chi connectivity index (χ3n) is 5.57. The van der Waals surface area contributed by atoms with Gasteiger partial charge in [0.1, 0.15) is 6.33 Å². The molecule has 3 N–H and O–H groups in total. The molecule has 0 bridgehead atoms. The Morgan fingerprint density at radius 2 is 2.36 bits per heavy atom. The average Bonchev–Trinajstić information content (AvgIpc) is 3.22.